The SMILES string of the molecule is Cc1ccc(C(=O)CSc2nnc(-c3cnccn3)n2-c2ccccc2)cc1. The van der Waals surface area contributed by atoms with Crippen LogP contribution < -0.4 is 0 Å². The lowest BCUT2D eigenvalue weighted by Crippen LogP contribution is -2.05. The molecule has 0 saturated heterocycles. The van der Waals surface area contributed by atoms with E-state index in [1.54, 1.807) is 18.6 Å². The van der Waals surface area contributed by atoms with Crippen molar-refractivity contribution in [1.82, 2.24) is 24.7 Å². The number of Topliss-reactive ketones (excluding diaryl/α,β-unsaturated/α-hetero) is 1. The molecule has 0 aliphatic heterocycles. The minimum absolute atomic E-state index is 0.0497. The molecule has 0 radical (unpaired) electrons. The zero-order valence-corrected chi connectivity index (χ0v) is 16.0. The molecule has 0 aliphatic carbocycles. The highest BCUT2D eigenvalue weighted by atomic mass is 32.2. The fourth-order valence-electron chi connectivity index (χ4n) is 2.71. The third-order valence-corrected chi connectivity index (χ3v) is 5.07. The van der Waals surface area contributed by atoms with Crippen LogP contribution in [0.2, 0.25) is 0 Å². The number of thioether (sulfide) groups is 1. The summed E-state index contributed by atoms with van der Waals surface area (Å²) in [6.45, 7) is 2.00. The number of ketones is 1. The molecule has 4 rings (SSSR count). The topological polar surface area (TPSA) is 73.6 Å². The highest BCUT2D eigenvalue weighted by molar-refractivity contribution is 7.99. The van der Waals surface area contributed by atoms with Gasteiger partial charge in [0, 0.05) is 23.6 Å². The molecule has 6 nitrogen and oxygen atoms in total. The Morgan fingerprint density at radius 1 is 1.00 bits per heavy atom. The van der Waals surface area contributed by atoms with Crippen LogP contribution in [-0.4, -0.2) is 36.3 Å². The van der Waals surface area contributed by atoms with Gasteiger partial charge in [-0.1, -0.05) is 59.8 Å². The van der Waals surface area contributed by atoms with Crippen molar-refractivity contribution in [2.75, 3.05) is 5.75 Å². The normalized spacial score (nSPS) is 10.8. The van der Waals surface area contributed by atoms with E-state index in [1.807, 2.05) is 66.1 Å². The highest BCUT2D eigenvalue weighted by Gasteiger charge is 2.18. The van der Waals surface area contributed by atoms with Gasteiger partial charge in [0.25, 0.3) is 0 Å². The Kier molecular flexibility index (Phi) is 5.25. The van der Waals surface area contributed by atoms with Crippen LogP contribution in [0.15, 0.2) is 78.3 Å². The van der Waals surface area contributed by atoms with E-state index >= 15 is 0 Å². The van der Waals surface area contributed by atoms with Crippen molar-refractivity contribution in [3.05, 3.63) is 84.3 Å². The molecule has 7 heteroatoms. The first-order chi connectivity index (χ1) is 13.7. The Morgan fingerprint density at radius 3 is 2.50 bits per heavy atom. The van der Waals surface area contributed by atoms with E-state index in [9.17, 15) is 4.79 Å². The number of benzene rings is 2. The number of carbonyl (C=O) groups excluding carboxylic acids is 1. The fourth-order valence-corrected chi connectivity index (χ4v) is 3.55. The molecule has 0 fully saturated rings. The van der Waals surface area contributed by atoms with Gasteiger partial charge < -0.3 is 0 Å². The first kappa shape index (κ1) is 18.1. The predicted molar refractivity (Wildman–Crippen MR) is 109 cm³/mol. The van der Waals surface area contributed by atoms with Gasteiger partial charge in [-0.2, -0.15) is 0 Å². The van der Waals surface area contributed by atoms with Gasteiger partial charge in [-0.25, -0.2) is 4.98 Å². The van der Waals surface area contributed by atoms with Gasteiger partial charge in [-0.05, 0) is 19.1 Å². The highest BCUT2D eigenvalue weighted by Crippen LogP contribution is 2.27. The molecule has 0 atom stereocenters. The number of aryl methyl sites for hydroxylation is 1. The number of hydrogen-bond donors (Lipinski definition) is 0. The lowest BCUT2D eigenvalue weighted by atomic mass is 10.1. The van der Waals surface area contributed by atoms with E-state index in [4.69, 9.17) is 0 Å². The van der Waals surface area contributed by atoms with Crippen LogP contribution >= 0.6 is 11.8 Å². The second-order valence-corrected chi connectivity index (χ2v) is 7.09. The number of hydrogen-bond acceptors (Lipinski definition) is 6. The molecule has 0 unspecified atom stereocenters. The standard InChI is InChI=1S/C21H17N5OS/c1-15-7-9-16(10-8-15)19(27)14-28-21-25-24-20(18-13-22-11-12-23-18)26(21)17-5-3-2-4-6-17/h2-13H,14H2,1H3. The average molecular weight is 387 g/mol. The van der Waals surface area contributed by atoms with Gasteiger partial charge in [0.2, 0.25) is 0 Å². The number of rotatable bonds is 6. The summed E-state index contributed by atoms with van der Waals surface area (Å²) in [4.78, 5) is 21.0. The Labute approximate surface area is 166 Å². The van der Waals surface area contributed by atoms with Crippen molar-refractivity contribution in [2.24, 2.45) is 0 Å². The van der Waals surface area contributed by atoms with Crippen molar-refractivity contribution in [2.45, 2.75) is 12.1 Å². The van der Waals surface area contributed by atoms with Crippen LogP contribution in [0.1, 0.15) is 15.9 Å². The average Bonchev–Trinajstić information content (AvgIpc) is 3.18. The van der Waals surface area contributed by atoms with Crippen molar-refractivity contribution < 1.29 is 4.79 Å². The quantitative estimate of drug-likeness (QED) is 0.368. The molecule has 0 amide bonds. The van der Waals surface area contributed by atoms with Crippen LogP contribution in [0.5, 0.6) is 0 Å². The maximum atomic E-state index is 12.6. The van der Waals surface area contributed by atoms with Gasteiger partial charge in [0.15, 0.2) is 16.8 Å². The van der Waals surface area contributed by atoms with Gasteiger partial charge in [-0.15, -0.1) is 10.2 Å². The maximum absolute atomic E-state index is 12.6. The number of aromatic nitrogens is 5. The second-order valence-electron chi connectivity index (χ2n) is 6.15. The van der Waals surface area contributed by atoms with E-state index in [1.165, 1.54) is 11.8 Å². The Hall–Kier alpha value is -3.32. The summed E-state index contributed by atoms with van der Waals surface area (Å²) >= 11 is 1.36. The number of carbonyl (C=O) groups is 1. The first-order valence-corrected chi connectivity index (χ1v) is 9.71. The molecule has 4 aromatic rings. The van der Waals surface area contributed by atoms with Crippen LogP contribution in [0.4, 0.5) is 0 Å². The van der Waals surface area contributed by atoms with Crippen LogP contribution in [0.3, 0.4) is 0 Å². The summed E-state index contributed by atoms with van der Waals surface area (Å²) in [5.41, 5.74) is 3.34. The van der Waals surface area contributed by atoms with Crippen molar-refractivity contribution in [3.63, 3.8) is 0 Å². The largest absolute Gasteiger partial charge is 0.293 e. The van der Waals surface area contributed by atoms with Crippen molar-refractivity contribution in [1.29, 1.82) is 0 Å². The van der Waals surface area contributed by atoms with Crippen molar-refractivity contribution in [3.8, 4) is 17.2 Å². The van der Waals surface area contributed by atoms with Gasteiger partial charge >= 0.3 is 0 Å². The van der Waals surface area contributed by atoms with E-state index in [0.717, 1.165) is 11.3 Å². The number of nitrogens with zero attached hydrogens (tertiary/aromatic N) is 5. The molecule has 0 spiro atoms. The van der Waals surface area contributed by atoms with E-state index in [-0.39, 0.29) is 11.5 Å². The minimum atomic E-state index is 0.0497. The lowest BCUT2D eigenvalue weighted by Gasteiger charge is -2.09. The summed E-state index contributed by atoms with van der Waals surface area (Å²) in [5, 5.41) is 9.24. The smallest absolute Gasteiger partial charge is 0.196 e. The maximum Gasteiger partial charge on any atom is 0.196 e. The molecule has 138 valence electrons. The fraction of sp³-hybridized carbons (Fsp3) is 0.0952. The van der Waals surface area contributed by atoms with E-state index < -0.39 is 0 Å². The van der Waals surface area contributed by atoms with Crippen LogP contribution in [0, 0.1) is 6.92 Å². The third kappa shape index (κ3) is 3.84. The zero-order chi connectivity index (χ0) is 19.3. The Balaban J connectivity index is 1.65. The minimum Gasteiger partial charge on any atom is -0.293 e. The second kappa shape index (κ2) is 8.14. The predicted octanol–water partition coefficient (Wildman–Crippen LogP) is 4.01. The summed E-state index contributed by atoms with van der Waals surface area (Å²) in [6.07, 6.45) is 4.88. The first-order valence-electron chi connectivity index (χ1n) is 8.72. The molecule has 2 aromatic heterocycles. The number of para-hydroxylation sites is 1. The van der Waals surface area contributed by atoms with Crippen LogP contribution in [0.25, 0.3) is 17.2 Å². The lowest BCUT2D eigenvalue weighted by molar-refractivity contribution is 0.102. The molecule has 0 saturated carbocycles. The molecule has 2 aromatic carbocycles. The Morgan fingerprint density at radius 2 is 1.79 bits per heavy atom. The van der Waals surface area contributed by atoms with Gasteiger partial charge in [-0.3, -0.25) is 14.3 Å². The van der Waals surface area contributed by atoms with Crippen molar-refractivity contribution >= 4 is 17.5 Å². The summed E-state index contributed by atoms with van der Waals surface area (Å²) in [7, 11) is 0. The molecule has 28 heavy (non-hydrogen) atoms. The van der Waals surface area contributed by atoms with Gasteiger partial charge in [0.05, 0.1) is 11.9 Å². The molecule has 0 bridgehead atoms. The molecular weight excluding hydrogens is 370 g/mol. The third-order valence-electron chi connectivity index (χ3n) is 4.15. The molecule has 2 heterocycles. The summed E-state index contributed by atoms with van der Waals surface area (Å²) in [6, 6.07) is 17.4. The monoisotopic (exact) mass is 387 g/mol. The zero-order valence-electron chi connectivity index (χ0n) is 15.2. The van der Waals surface area contributed by atoms with Crippen LogP contribution in [-0.2, 0) is 0 Å². The van der Waals surface area contributed by atoms with E-state index in [0.29, 0.717) is 22.2 Å². The summed E-state index contributed by atoms with van der Waals surface area (Å²) in [5.74, 6) is 0.910. The summed E-state index contributed by atoms with van der Waals surface area (Å²) < 4.78 is 1.90. The Bertz CT molecular complexity index is 1080. The molecule has 0 aliphatic rings. The van der Waals surface area contributed by atoms with E-state index in [2.05, 4.69) is 20.2 Å². The molecular formula is C21H17N5OS. The molecule has 0 N–H and O–H groups in total. The van der Waals surface area contributed by atoms with Gasteiger partial charge in [0.1, 0.15) is 5.69 Å².